The molecule has 1 rings (SSSR count). The Hall–Kier alpha value is -0.540. The van der Waals surface area contributed by atoms with Gasteiger partial charge < -0.3 is 5.73 Å². The molecule has 0 fully saturated rings. The lowest BCUT2D eigenvalue weighted by Crippen LogP contribution is -2.26. The molecule has 0 radical (unpaired) electrons. The zero-order valence-corrected chi connectivity index (χ0v) is 10.3. The molecule has 1 heterocycles. The van der Waals surface area contributed by atoms with Crippen molar-refractivity contribution in [1.82, 2.24) is 4.98 Å². The maximum Gasteiger partial charge on any atom is 0.0620 e. The van der Waals surface area contributed by atoms with E-state index in [9.17, 15) is 0 Å². The zero-order valence-electron chi connectivity index (χ0n) is 9.52. The summed E-state index contributed by atoms with van der Waals surface area (Å²) in [6, 6.07) is 6.26. The normalized spacial score (nSPS) is 14.9. The number of nitrogens with zero attached hydrogens (tertiary/aromatic N) is 1. The quantitative estimate of drug-likeness (QED) is 0.807. The molecule has 2 N–H and O–H groups in total. The molecule has 0 aromatic carbocycles. The third-order valence-electron chi connectivity index (χ3n) is 2.34. The monoisotopic (exact) mass is 224 g/mol. The third-order valence-corrected chi connectivity index (χ3v) is 3.94. The van der Waals surface area contributed by atoms with Crippen molar-refractivity contribution < 1.29 is 0 Å². The van der Waals surface area contributed by atoms with Gasteiger partial charge in [0.2, 0.25) is 0 Å². The molecular formula is C12H20N2S. The van der Waals surface area contributed by atoms with Gasteiger partial charge in [-0.05, 0) is 30.7 Å². The molecule has 1 aromatic heterocycles. The van der Waals surface area contributed by atoms with E-state index < -0.39 is 0 Å². The van der Waals surface area contributed by atoms with Gasteiger partial charge in [0.25, 0.3) is 0 Å². The molecule has 2 atom stereocenters. The molecule has 0 spiro atoms. The van der Waals surface area contributed by atoms with Gasteiger partial charge in [0.1, 0.15) is 0 Å². The molecule has 0 aliphatic heterocycles. The molecule has 0 aliphatic carbocycles. The number of thioether (sulfide) groups is 1. The van der Waals surface area contributed by atoms with Gasteiger partial charge in [0.05, 0.1) is 10.9 Å². The van der Waals surface area contributed by atoms with Crippen LogP contribution in [-0.2, 0) is 0 Å². The first-order chi connectivity index (χ1) is 7.29. The van der Waals surface area contributed by atoms with E-state index in [0.29, 0.717) is 5.25 Å². The minimum absolute atomic E-state index is 0.205. The molecule has 0 saturated carbocycles. The summed E-state index contributed by atoms with van der Waals surface area (Å²) in [4.78, 5) is 4.40. The molecule has 15 heavy (non-hydrogen) atoms. The molecule has 0 saturated heterocycles. The van der Waals surface area contributed by atoms with Crippen LogP contribution in [0.2, 0.25) is 0 Å². The van der Waals surface area contributed by atoms with Crippen LogP contribution in [0.4, 0.5) is 0 Å². The highest BCUT2D eigenvalue weighted by Gasteiger charge is 2.19. The second kappa shape index (κ2) is 6.85. The van der Waals surface area contributed by atoms with E-state index in [1.54, 1.807) is 0 Å². The summed E-state index contributed by atoms with van der Waals surface area (Å²) in [5, 5.41) is 0.344. The van der Waals surface area contributed by atoms with Crippen molar-refractivity contribution in [2.24, 2.45) is 5.73 Å². The largest absolute Gasteiger partial charge is 0.326 e. The van der Waals surface area contributed by atoms with E-state index in [1.165, 1.54) is 6.42 Å². The molecule has 0 bridgehead atoms. The van der Waals surface area contributed by atoms with Crippen molar-refractivity contribution in [3.8, 4) is 0 Å². The summed E-state index contributed by atoms with van der Waals surface area (Å²) in [6.45, 7) is 4.33. The highest BCUT2D eigenvalue weighted by atomic mass is 32.2. The fraction of sp³-hybridized carbons (Fsp3) is 0.583. The Morgan fingerprint density at radius 2 is 2.20 bits per heavy atom. The topological polar surface area (TPSA) is 38.9 Å². The van der Waals surface area contributed by atoms with Gasteiger partial charge in [-0.3, -0.25) is 4.98 Å². The van der Waals surface area contributed by atoms with Gasteiger partial charge in [0.15, 0.2) is 0 Å². The number of hydrogen-bond donors (Lipinski definition) is 1. The molecule has 2 unspecified atom stereocenters. The van der Waals surface area contributed by atoms with Crippen molar-refractivity contribution >= 4 is 11.8 Å². The van der Waals surface area contributed by atoms with Crippen molar-refractivity contribution in [1.29, 1.82) is 0 Å². The average molecular weight is 224 g/mol. The van der Waals surface area contributed by atoms with Gasteiger partial charge >= 0.3 is 0 Å². The molecule has 2 nitrogen and oxygen atoms in total. The van der Waals surface area contributed by atoms with E-state index in [2.05, 4.69) is 24.9 Å². The van der Waals surface area contributed by atoms with E-state index in [4.69, 9.17) is 5.73 Å². The molecule has 0 amide bonds. The van der Waals surface area contributed by atoms with E-state index in [0.717, 1.165) is 17.9 Å². The number of hydrogen-bond acceptors (Lipinski definition) is 3. The molecule has 3 heteroatoms. The maximum atomic E-state index is 6.13. The summed E-state index contributed by atoms with van der Waals surface area (Å²) < 4.78 is 0. The minimum atomic E-state index is 0.205. The minimum Gasteiger partial charge on any atom is -0.326 e. The number of rotatable bonds is 6. The van der Waals surface area contributed by atoms with Crippen molar-refractivity contribution in [3.05, 3.63) is 30.1 Å². The zero-order chi connectivity index (χ0) is 11.1. The number of nitrogens with two attached hydrogens (primary N) is 1. The van der Waals surface area contributed by atoms with E-state index in [-0.39, 0.29) is 6.04 Å². The molecular weight excluding hydrogens is 204 g/mol. The summed E-state index contributed by atoms with van der Waals surface area (Å²) in [5.74, 6) is 1.15. The van der Waals surface area contributed by atoms with Gasteiger partial charge in [-0.1, -0.05) is 19.9 Å². The highest BCUT2D eigenvalue weighted by Crippen LogP contribution is 2.31. The first-order valence-corrected chi connectivity index (χ1v) is 6.62. The second-order valence-electron chi connectivity index (χ2n) is 3.62. The number of aromatic nitrogens is 1. The van der Waals surface area contributed by atoms with Gasteiger partial charge in [-0.15, -0.1) is 0 Å². The van der Waals surface area contributed by atoms with Crippen LogP contribution in [0, 0.1) is 0 Å². The third kappa shape index (κ3) is 3.84. The lowest BCUT2D eigenvalue weighted by molar-refractivity contribution is 0.624. The van der Waals surface area contributed by atoms with Crippen LogP contribution in [0.25, 0.3) is 0 Å². The molecule has 1 aromatic rings. The van der Waals surface area contributed by atoms with Crippen molar-refractivity contribution in [3.63, 3.8) is 0 Å². The lowest BCUT2D eigenvalue weighted by Gasteiger charge is -2.21. The van der Waals surface area contributed by atoms with Crippen LogP contribution in [0.1, 0.15) is 37.6 Å². The Labute approximate surface area is 96.7 Å². The Balaban J connectivity index is 2.72. The second-order valence-corrected chi connectivity index (χ2v) is 4.87. The van der Waals surface area contributed by atoms with Crippen LogP contribution < -0.4 is 5.73 Å². The first-order valence-electron chi connectivity index (χ1n) is 5.57. The van der Waals surface area contributed by atoms with Crippen molar-refractivity contribution in [2.75, 3.05) is 5.75 Å². The fourth-order valence-corrected chi connectivity index (χ4v) is 2.67. The summed E-state index contributed by atoms with van der Waals surface area (Å²) >= 11 is 1.92. The Kier molecular flexibility index (Phi) is 5.73. The molecule has 0 aliphatic rings. The summed E-state index contributed by atoms with van der Waals surface area (Å²) in [5.41, 5.74) is 7.25. The van der Waals surface area contributed by atoms with Crippen LogP contribution in [0.5, 0.6) is 0 Å². The Bertz CT molecular complexity index is 264. The van der Waals surface area contributed by atoms with Crippen LogP contribution >= 0.6 is 11.8 Å². The average Bonchev–Trinajstić information content (AvgIpc) is 2.30. The Morgan fingerprint density at radius 1 is 1.40 bits per heavy atom. The summed E-state index contributed by atoms with van der Waals surface area (Å²) in [7, 11) is 0. The highest BCUT2D eigenvalue weighted by molar-refractivity contribution is 7.99. The lowest BCUT2D eigenvalue weighted by atomic mass is 10.1. The van der Waals surface area contributed by atoms with Gasteiger partial charge in [-0.25, -0.2) is 0 Å². The van der Waals surface area contributed by atoms with Gasteiger partial charge in [-0.2, -0.15) is 11.8 Å². The van der Waals surface area contributed by atoms with Crippen LogP contribution in [0.3, 0.4) is 0 Å². The molecule has 84 valence electrons. The van der Waals surface area contributed by atoms with Crippen LogP contribution in [-0.4, -0.2) is 16.8 Å². The predicted molar refractivity (Wildman–Crippen MR) is 68.0 cm³/mol. The Morgan fingerprint density at radius 3 is 2.73 bits per heavy atom. The van der Waals surface area contributed by atoms with E-state index in [1.807, 2.05) is 30.1 Å². The van der Waals surface area contributed by atoms with Gasteiger partial charge in [0, 0.05) is 12.2 Å². The fourth-order valence-electron chi connectivity index (χ4n) is 1.43. The SMILES string of the molecule is CCCSC(c1ccccn1)C(N)CC. The number of pyridine rings is 1. The van der Waals surface area contributed by atoms with E-state index >= 15 is 0 Å². The smallest absolute Gasteiger partial charge is 0.0620 e. The predicted octanol–water partition coefficient (Wildman–Crippen LogP) is 3.00. The summed E-state index contributed by atoms with van der Waals surface area (Å²) in [6.07, 6.45) is 4.03. The maximum absolute atomic E-state index is 6.13. The first kappa shape index (κ1) is 12.5. The van der Waals surface area contributed by atoms with Crippen molar-refractivity contribution in [2.45, 2.75) is 38.0 Å². The van der Waals surface area contributed by atoms with Crippen LogP contribution in [0.15, 0.2) is 24.4 Å². The standard InChI is InChI=1S/C12H20N2S/c1-3-9-15-12(10(13)4-2)11-7-5-6-8-14-11/h5-8,10,12H,3-4,9,13H2,1-2H3.